The fourth-order valence-corrected chi connectivity index (χ4v) is 3.04. The standard InChI is InChI=1S/C12H10IN/c13-14-11-7-3-1-5-9(11)10-6-2-4-8-12(10)14/h1-3,5-7H,4,8H2. The summed E-state index contributed by atoms with van der Waals surface area (Å²) in [5.74, 6) is 0. The van der Waals surface area contributed by atoms with Crippen LogP contribution in [0.5, 0.6) is 0 Å². The molecule has 1 aromatic carbocycles. The molecule has 0 saturated carbocycles. The molecular formula is C12H10IN. The van der Waals surface area contributed by atoms with Crippen molar-refractivity contribution in [3.05, 3.63) is 41.6 Å². The Kier molecular flexibility index (Phi) is 1.90. The number of hydrogen-bond acceptors (Lipinski definition) is 0. The zero-order valence-electron chi connectivity index (χ0n) is 7.70. The highest BCUT2D eigenvalue weighted by molar-refractivity contribution is 14.1. The van der Waals surface area contributed by atoms with Crippen LogP contribution in [0.4, 0.5) is 0 Å². The van der Waals surface area contributed by atoms with Crippen LogP contribution in [-0.4, -0.2) is 2.78 Å². The number of para-hydroxylation sites is 1. The lowest BCUT2D eigenvalue weighted by Gasteiger charge is -2.06. The third kappa shape index (κ3) is 1.06. The second-order valence-electron chi connectivity index (χ2n) is 3.60. The summed E-state index contributed by atoms with van der Waals surface area (Å²) < 4.78 is 2.30. The average Bonchev–Trinajstić information content (AvgIpc) is 2.55. The van der Waals surface area contributed by atoms with E-state index in [0.717, 1.165) is 0 Å². The number of fused-ring (bicyclic) bond motifs is 3. The Morgan fingerprint density at radius 1 is 1.21 bits per heavy atom. The highest BCUT2D eigenvalue weighted by Gasteiger charge is 2.14. The molecule has 2 aromatic rings. The molecule has 1 aliphatic carbocycles. The first-order valence-corrected chi connectivity index (χ1v) is 5.79. The molecule has 0 saturated heterocycles. The fraction of sp³-hybridized carbons (Fsp3) is 0.167. The summed E-state index contributed by atoms with van der Waals surface area (Å²) in [7, 11) is 0. The maximum atomic E-state index is 2.40. The van der Waals surface area contributed by atoms with E-state index in [9.17, 15) is 0 Å². The van der Waals surface area contributed by atoms with E-state index in [1.54, 1.807) is 0 Å². The summed E-state index contributed by atoms with van der Waals surface area (Å²) in [5, 5.41) is 1.38. The first-order valence-electron chi connectivity index (χ1n) is 4.83. The molecule has 1 nitrogen and oxygen atoms in total. The monoisotopic (exact) mass is 295 g/mol. The number of benzene rings is 1. The van der Waals surface area contributed by atoms with Crippen molar-refractivity contribution >= 4 is 39.8 Å². The van der Waals surface area contributed by atoms with Crippen LogP contribution in [0.25, 0.3) is 17.0 Å². The molecule has 0 spiro atoms. The van der Waals surface area contributed by atoms with Gasteiger partial charge in [0.05, 0.1) is 28.4 Å². The molecule has 1 heterocycles. The predicted molar refractivity (Wildman–Crippen MR) is 68.7 cm³/mol. The molecule has 0 radical (unpaired) electrons. The Balaban J connectivity index is 2.48. The van der Waals surface area contributed by atoms with Gasteiger partial charge in [0.2, 0.25) is 0 Å². The Morgan fingerprint density at radius 2 is 2.07 bits per heavy atom. The van der Waals surface area contributed by atoms with Crippen LogP contribution in [0.2, 0.25) is 0 Å². The van der Waals surface area contributed by atoms with Gasteiger partial charge < -0.3 is 0 Å². The van der Waals surface area contributed by atoms with Crippen molar-refractivity contribution in [2.24, 2.45) is 0 Å². The molecule has 0 bridgehead atoms. The lowest BCUT2D eigenvalue weighted by atomic mass is 10.0. The lowest BCUT2D eigenvalue weighted by Crippen LogP contribution is -1.95. The Morgan fingerprint density at radius 3 is 3.00 bits per heavy atom. The van der Waals surface area contributed by atoms with Crippen molar-refractivity contribution in [1.29, 1.82) is 0 Å². The molecule has 0 aliphatic heterocycles. The molecule has 1 aromatic heterocycles. The van der Waals surface area contributed by atoms with Crippen molar-refractivity contribution in [3.8, 4) is 0 Å². The maximum Gasteiger partial charge on any atom is 0.0643 e. The first-order chi connectivity index (χ1) is 6.88. The minimum atomic E-state index is 1.17. The van der Waals surface area contributed by atoms with Crippen LogP contribution in [0, 0.1) is 0 Å². The van der Waals surface area contributed by atoms with Crippen LogP contribution in [0.3, 0.4) is 0 Å². The van der Waals surface area contributed by atoms with Crippen molar-refractivity contribution in [1.82, 2.24) is 2.78 Å². The minimum Gasteiger partial charge on any atom is -0.286 e. The first kappa shape index (κ1) is 8.53. The Labute approximate surface area is 96.9 Å². The van der Waals surface area contributed by atoms with Crippen LogP contribution in [0.15, 0.2) is 30.3 Å². The van der Waals surface area contributed by atoms with Gasteiger partial charge in [-0.1, -0.05) is 30.4 Å². The van der Waals surface area contributed by atoms with Crippen molar-refractivity contribution in [2.75, 3.05) is 0 Å². The molecule has 0 fully saturated rings. The van der Waals surface area contributed by atoms with Gasteiger partial charge in [-0.3, -0.25) is 2.78 Å². The summed E-state index contributed by atoms with van der Waals surface area (Å²) in [6.45, 7) is 0. The van der Waals surface area contributed by atoms with E-state index in [0.29, 0.717) is 0 Å². The molecule has 70 valence electrons. The molecule has 0 N–H and O–H groups in total. The lowest BCUT2D eigenvalue weighted by molar-refractivity contribution is 0.943. The quantitative estimate of drug-likeness (QED) is 0.652. The molecule has 0 atom stereocenters. The summed E-state index contributed by atoms with van der Waals surface area (Å²) in [4.78, 5) is 0. The van der Waals surface area contributed by atoms with E-state index in [1.807, 2.05) is 0 Å². The average molecular weight is 295 g/mol. The highest BCUT2D eigenvalue weighted by Crippen LogP contribution is 2.32. The number of halogens is 1. The molecule has 2 heteroatoms. The fourth-order valence-electron chi connectivity index (χ4n) is 2.12. The summed E-state index contributed by atoms with van der Waals surface area (Å²) >= 11 is 2.40. The Hall–Kier alpha value is -0.770. The van der Waals surface area contributed by atoms with Gasteiger partial charge in [0.15, 0.2) is 0 Å². The van der Waals surface area contributed by atoms with E-state index in [2.05, 4.69) is 62.1 Å². The molecule has 0 unspecified atom stereocenters. The smallest absolute Gasteiger partial charge is 0.0643 e. The summed E-state index contributed by atoms with van der Waals surface area (Å²) in [6, 6.07) is 8.61. The number of nitrogens with zero attached hydrogens (tertiary/aromatic N) is 1. The molecule has 3 rings (SSSR count). The third-order valence-electron chi connectivity index (χ3n) is 2.79. The van der Waals surface area contributed by atoms with Crippen LogP contribution in [0.1, 0.15) is 17.7 Å². The van der Waals surface area contributed by atoms with Gasteiger partial charge >= 0.3 is 0 Å². The molecule has 1 aliphatic rings. The van der Waals surface area contributed by atoms with Crippen molar-refractivity contribution in [2.45, 2.75) is 12.8 Å². The predicted octanol–water partition coefficient (Wildman–Crippen LogP) is 3.80. The molecular weight excluding hydrogens is 285 g/mol. The summed E-state index contributed by atoms with van der Waals surface area (Å²) in [5.41, 5.74) is 4.22. The van der Waals surface area contributed by atoms with Gasteiger partial charge in [-0.05, 0) is 18.9 Å². The minimum absolute atomic E-state index is 1.17. The van der Waals surface area contributed by atoms with Crippen LogP contribution < -0.4 is 0 Å². The van der Waals surface area contributed by atoms with Gasteiger partial charge in [0.1, 0.15) is 0 Å². The van der Waals surface area contributed by atoms with Crippen LogP contribution >= 0.6 is 22.9 Å². The molecule has 0 amide bonds. The van der Waals surface area contributed by atoms with Crippen LogP contribution in [-0.2, 0) is 6.42 Å². The van der Waals surface area contributed by atoms with E-state index in [-0.39, 0.29) is 0 Å². The Bertz CT molecular complexity index is 522. The van der Waals surface area contributed by atoms with Gasteiger partial charge in [-0.2, -0.15) is 0 Å². The number of rotatable bonds is 0. The normalized spacial score (nSPS) is 14.6. The van der Waals surface area contributed by atoms with Gasteiger partial charge in [0, 0.05) is 16.6 Å². The number of allylic oxidation sites excluding steroid dienone is 1. The van der Waals surface area contributed by atoms with Gasteiger partial charge in [-0.15, -0.1) is 0 Å². The van der Waals surface area contributed by atoms with Crippen molar-refractivity contribution in [3.63, 3.8) is 0 Å². The van der Waals surface area contributed by atoms with Crippen molar-refractivity contribution < 1.29 is 0 Å². The van der Waals surface area contributed by atoms with E-state index >= 15 is 0 Å². The number of hydrogen-bond donors (Lipinski definition) is 0. The maximum absolute atomic E-state index is 2.40. The zero-order chi connectivity index (χ0) is 9.54. The third-order valence-corrected chi connectivity index (χ3v) is 3.89. The van der Waals surface area contributed by atoms with E-state index in [1.165, 1.54) is 35.0 Å². The topological polar surface area (TPSA) is 4.93 Å². The zero-order valence-corrected chi connectivity index (χ0v) is 9.86. The van der Waals surface area contributed by atoms with Gasteiger partial charge in [-0.25, -0.2) is 0 Å². The number of aromatic nitrogens is 1. The summed E-state index contributed by atoms with van der Waals surface area (Å²) in [6.07, 6.45) is 6.87. The SMILES string of the molecule is In1c2c(c3ccccc31)C=CCC2. The second-order valence-corrected chi connectivity index (χ2v) is 4.56. The van der Waals surface area contributed by atoms with Gasteiger partial charge in [0.25, 0.3) is 0 Å². The van der Waals surface area contributed by atoms with E-state index in [4.69, 9.17) is 0 Å². The highest BCUT2D eigenvalue weighted by atomic mass is 127. The second kappa shape index (κ2) is 3.12. The van der Waals surface area contributed by atoms with E-state index < -0.39 is 0 Å². The largest absolute Gasteiger partial charge is 0.286 e. The molecule has 14 heavy (non-hydrogen) atoms.